The second-order valence-corrected chi connectivity index (χ2v) is 7.91. The van der Waals surface area contributed by atoms with Crippen molar-refractivity contribution in [3.63, 3.8) is 0 Å². The normalized spacial score (nSPS) is 14.8. The number of aromatic nitrogens is 4. The van der Waals surface area contributed by atoms with E-state index in [4.69, 9.17) is 16.9 Å². The number of nitrogens with zero attached hydrogens (tertiary/aromatic N) is 7. The van der Waals surface area contributed by atoms with Crippen LogP contribution in [-0.2, 0) is 17.9 Å². The van der Waals surface area contributed by atoms with E-state index < -0.39 is 0 Å². The van der Waals surface area contributed by atoms with Gasteiger partial charge in [0, 0.05) is 43.3 Å². The number of halogens is 1. The summed E-state index contributed by atoms with van der Waals surface area (Å²) in [7, 11) is 0. The highest BCUT2D eigenvalue weighted by molar-refractivity contribution is 6.30. The van der Waals surface area contributed by atoms with Gasteiger partial charge in [0.05, 0.1) is 11.6 Å². The number of amides is 1. The molecule has 1 aromatic heterocycles. The van der Waals surface area contributed by atoms with Crippen LogP contribution in [0.15, 0.2) is 48.5 Å². The molecule has 0 unspecified atom stereocenters. The van der Waals surface area contributed by atoms with Crippen molar-refractivity contribution in [1.82, 2.24) is 30.0 Å². The third kappa shape index (κ3) is 5.45. The molecule has 0 saturated carbocycles. The van der Waals surface area contributed by atoms with Crippen LogP contribution in [0, 0.1) is 11.3 Å². The molecular weight excluding hydrogens is 414 g/mol. The molecule has 4 rings (SSSR count). The average Bonchev–Trinajstić information content (AvgIpc) is 3.12. The monoisotopic (exact) mass is 435 g/mol. The maximum atomic E-state index is 12.8. The summed E-state index contributed by atoms with van der Waals surface area (Å²) in [5.74, 6) is 0.453. The van der Waals surface area contributed by atoms with Gasteiger partial charge in [-0.25, -0.2) is 0 Å². The van der Waals surface area contributed by atoms with Crippen molar-refractivity contribution in [2.75, 3.05) is 26.2 Å². The molecule has 0 N–H and O–H groups in total. The minimum absolute atomic E-state index is 0.0136. The Labute approximate surface area is 185 Å². The number of tetrazole rings is 1. The van der Waals surface area contributed by atoms with Crippen LogP contribution in [0.1, 0.15) is 17.5 Å². The van der Waals surface area contributed by atoms with Crippen molar-refractivity contribution in [1.29, 1.82) is 5.26 Å². The Morgan fingerprint density at radius 3 is 2.55 bits per heavy atom. The van der Waals surface area contributed by atoms with Crippen molar-refractivity contribution < 1.29 is 4.79 Å². The summed E-state index contributed by atoms with van der Waals surface area (Å²) in [6.07, 6.45) is 0.906. The van der Waals surface area contributed by atoms with Crippen molar-refractivity contribution in [2.24, 2.45) is 0 Å². The van der Waals surface area contributed by atoms with E-state index >= 15 is 0 Å². The van der Waals surface area contributed by atoms with Gasteiger partial charge in [-0.15, -0.1) is 10.2 Å². The van der Waals surface area contributed by atoms with E-state index in [2.05, 4.69) is 26.4 Å². The zero-order valence-corrected chi connectivity index (χ0v) is 17.7. The first-order valence-electron chi connectivity index (χ1n) is 10.1. The average molecular weight is 436 g/mol. The fourth-order valence-electron chi connectivity index (χ4n) is 3.57. The number of carbonyl (C=O) groups is 1. The summed E-state index contributed by atoms with van der Waals surface area (Å²) in [5, 5.41) is 22.0. The van der Waals surface area contributed by atoms with Gasteiger partial charge in [0.1, 0.15) is 6.54 Å². The largest absolute Gasteiger partial charge is 0.340 e. The van der Waals surface area contributed by atoms with Gasteiger partial charge in [0.15, 0.2) is 0 Å². The molecule has 8 nitrogen and oxygen atoms in total. The first-order chi connectivity index (χ1) is 15.1. The smallest absolute Gasteiger partial charge is 0.246 e. The number of rotatable bonds is 5. The van der Waals surface area contributed by atoms with Crippen molar-refractivity contribution >= 4 is 17.5 Å². The number of nitriles is 1. The Hall–Kier alpha value is -3.28. The van der Waals surface area contributed by atoms with E-state index in [1.54, 1.807) is 12.1 Å². The van der Waals surface area contributed by atoms with Crippen LogP contribution in [0.5, 0.6) is 0 Å². The molecule has 0 bridgehead atoms. The van der Waals surface area contributed by atoms with Crippen LogP contribution in [-0.4, -0.2) is 62.1 Å². The molecule has 1 aliphatic rings. The summed E-state index contributed by atoms with van der Waals surface area (Å²) < 4.78 is 0. The molecule has 158 valence electrons. The molecule has 1 saturated heterocycles. The predicted octanol–water partition coefficient (Wildman–Crippen LogP) is 2.60. The summed E-state index contributed by atoms with van der Waals surface area (Å²) in [6, 6.07) is 17.0. The van der Waals surface area contributed by atoms with E-state index in [1.165, 1.54) is 10.4 Å². The zero-order valence-electron chi connectivity index (χ0n) is 17.0. The lowest BCUT2D eigenvalue weighted by Gasteiger charge is -2.22. The van der Waals surface area contributed by atoms with Gasteiger partial charge >= 0.3 is 0 Å². The second-order valence-electron chi connectivity index (χ2n) is 7.47. The van der Waals surface area contributed by atoms with Gasteiger partial charge in [-0.1, -0.05) is 23.7 Å². The zero-order chi connectivity index (χ0) is 21.6. The standard InChI is InChI=1S/C22H22ClN7O/c23-20-8-6-19(7-9-20)22-25-27-30(26-22)16-21(31)29-11-1-10-28(12-13-29)15-18-4-2-17(14-24)3-5-18/h2-9H,1,10-13,15-16H2. The lowest BCUT2D eigenvalue weighted by molar-refractivity contribution is -0.132. The summed E-state index contributed by atoms with van der Waals surface area (Å²) in [4.78, 5) is 18.3. The summed E-state index contributed by atoms with van der Waals surface area (Å²) in [5.41, 5.74) is 2.63. The molecule has 2 heterocycles. The third-order valence-electron chi connectivity index (χ3n) is 5.26. The van der Waals surface area contributed by atoms with Gasteiger partial charge in [0.25, 0.3) is 0 Å². The fourth-order valence-corrected chi connectivity index (χ4v) is 3.69. The van der Waals surface area contributed by atoms with E-state index in [0.717, 1.165) is 31.6 Å². The Balaban J connectivity index is 1.31. The Morgan fingerprint density at radius 2 is 1.81 bits per heavy atom. The minimum atomic E-state index is -0.0136. The van der Waals surface area contributed by atoms with Crippen molar-refractivity contribution in [3.8, 4) is 17.5 Å². The van der Waals surface area contributed by atoms with Crippen LogP contribution in [0.25, 0.3) is 11.4 Å². The highest BCUT2D eigenvalue weighted by Crippen LogP contribution is 2.17. The van der Waals surface area contributed by atoms with Crippen LogP contribution in [0.4, 0.5) is 0 Å². The molecule has 9 heteroatoms. The first-order valence-corrected chi connectivity index (χ1v) is 10.5. The van der Waals surface area contributed by atoms with Crippen LogP contribution < -0.4 is 0 Å². The molecule has 0 radical (unpaired) electrons. The molecule has 2 aromatic carbocycles. The summed E-state index contributed by atoms with van der Waals surface area (Å²) >= 11 is 5.91. The van der Waals surface area contributed by atoms with Crippen molar-refractivity contribution in [3.05, 3.63) is 64.7 Å². The van der Waals surface area contributed by atoms with Crippen LogP contribution in [0.2, 0.25) is 5.02 Å². The molecule has 1 aliphatic heterocycles. The molecule has 0 aliphatic carbocycles. The number of benzene rings is 2. The minimum Gasteiger partial charge on any atom is -0.340 e. The van der Waals surface area contributed by atoms with E-state index in [-0.39, 0.29) is 12.5 Å². The Bertz CT molecular complexity index is 1070. The number of hydrogen-bond acceptors (Lipinski definition) is 6. The van der Waals surface area contributed by atoms with Crippen molar-refractivity contribution in [2.45, 2.75) is 19.5 Å². The lowest BCUT2D eigenvalue weighted by atomic mass is 10.1. The Morgan fingerprint density at radius 1 is 1.03 bits per heavy atom. The fraction of sp³-hybridized carbons (Fsp3) is 0.318. The molecule has 1 fully saturated rings. The predicted molar refractivity (Wildman–Crippen MR) is 116 cm³/mol. The SMILES string of the molecule is N#Cc1ccc(CN2CCCN(C(=O)Cn3nnc(-c4ccc(Cl)cc4)n3)CC2)cc1. The molecule has 31 heavy (non-hydrogen) atoms. The molecule has 1 amide bonds. The van der Waals surface area contributed by atoms with Gasteiger partial charge in [-0.3, -0.25) is 9.69 Å². The van der Waals surface area contributed by atoms with Gasteiger partial charge < -0.3 is 4.90 Å². The van der Waals surface area contributed by atoms with E-state index in [9.17, 15) is 4.79 Å². The van der Waals surface area contributed by atoms with E-state index in [1.807, 2.05) is 41.3 Å². The maximum Gasteiger partial charge on any atom is 0.246 e. The van der Waals surface area contributed by atoms with Gasteiger partial charge in [-0.2, -0.15) is 10.1 Å². The molecule has 0 spiro atoms. The molecule has 3 aromatic rings. The first kappa shape index (κ1) is 21.0. The third-order valence-corrected chi connectivity index (χ3v) is 5.51. The summed E-state index contributed by atoms with van der Waals surface area (Å²) in [6.45, 7) is 3.97. The highest BCUT2D eigenvalue weighted by atomic mass is 35.5. The van der Waals surface area contributed by atoms with Gasteiger partial charge in [0.2, 0.25) is 11.7 Å². The Kier molecular flexibility index (Phi) is 6.55. The van der Waals surface area contributed by atoms with Gasteiger partial charge in [-0.05, 0) is 53.6 Å². The molecule has 0 atom stereocenters. The second kappa shape index (κ2) is 9.69. The maximum absolute atomic E-state index is 12.8. The topological polar surface area (TPSA) is 90.9 Å². The highest BCUT2D eigenvalue weighted by Gasteiger charge is 2.20. The lowest BCUT2D eigenvalue weighted by Crippen LogP contribution is -2.37. The number of carbonyl (C=O) groups excluding carboxylic acids is 1. The number of hydrogen-bond donors (Lipinski definition) is 0. The molecular formula is C22H22ClN7O. The quantitative estimate of drug-likeness (QED) is 0.611. The van der Waals surface area contributed by atoms with Crippen LogP contribution in [0.3, 0.4) is 0 Å². The van der Waals surface area contributed by atoms with E-state index in [0.29, 0.717) is 29.5 Å². The van der Waals surface area contributed by atoms with Crippen LogP contribution >= 0.6 is 11.6 Å².